The van der Waals surface area contributed by atoms with Crippen LogP contribution >= 0.6 is 0 Å². The maximum atomic E-state index is 12.8. The second-order valence-corrected chi connectivity index (χ2v) is 6.78. The summed E-state index contributed by atoms with van der Waals surface area (Å²) in [6.45, 7) is 2.22. The highest BCUT2D eigenvalue weighted by atomic mass is 16.2. The van der Waals surface area contributed by atoms with Crippen LogP contribution in [0.4, 0.5) is 0 Å². The molecule has 0 bridgehead atoms. The zero-order valence-electron chi connectivity index (χ0n) is 12.6. The topological polar surface area (TPSA) is 52.9 Å². The van der Waals surface area contributed by atoms with Crippen LogP contribution in [-0.4, -0.2) is 11.4 Å². The normalized spacial score (nSPS) is 30.2. The van der Waals surface area contributed by atoms with Crippen LogP contribution < -0.4 is 5.32 Å². The summed E-state index contributed by atoms with van der Waals surface area (Å²) in [5, 5.41) is 12.7. The van der Waals surface area contributed by atoms with Gasteiger partial charge in [-0.3, -0.25) is 4.79 Å². The zero-order valence-corrected chi connectivity index (χ0v) is 12.6. The van der Waals surface area contributed by atoms with E-state index >= 15 is 0 Å². The lowest BCUT2D eigenvalue weighted by molar-refractivity contribution is -0.125. The van der Waals surface area contributed by atoms with Gasteiger partial charge >= 0.3 is 0 Å². The number of carbonyl (C=O) groups excluding carboxylic acids is 1. The van der Waals surface area contributed by atoms with Gasteiger partial charge in [0.15, 0.2) is 0 Å². The summed E-state index contributed by atoms with van der Waals surface area (Å²) in [6.07, 6.45) is 5.38. The Kier molecular flexibility index (Phi) is 3.49. The van der Waals surface area contributed by atoms with Crippen LogP contribution in [0.2, 0.25) is 0 Å². The Hall–Kier alpha value is -1.82. The number of amides is 1. The van der Waals surface area contributed by atoms with Gasteiger partial charge in [-0.05, 0) is 50.0 Å². The molecule has 0 saturated heterocycles. The molecule has 2 saturated carbocycles. The minimum Gasteiger partial charge on any atom is -0.337 e. The number of hydrogen-bond acceptors (Lipinski definition) is 2. The predicted molar refractivity (Wildman–Crippen MR) is 81.5 cm³/mol. The fourth-order valence-electron chi connectivity index (χ4n) is 3.39. The molecule has 2 fully saturated rings. The van der Waals surface area contributed by atoms with Crippen LogP contribution in [0.25, 0.3) is 0 Å². The van der Waals surface area contributed by atoms with E-state index in [9.17, 15) is 10.1 Å². The smallest absolute Gasteiger partial charge is 0.231 e. The van der Waals surface area contributed by atoms with Gasteiger partial charge in [-0.25, -0.2) is 0 Å². The molecule has 3 nitrogen and oxygen atoms in total. The lowest BCUT2D eigenvalue weighted by atomic mass is 9.77. The van der Waals surface area contributed by atoms with Crippen molar-refractivity contribution >= 4 is 5.91 Å². The summed E-state index contributed by atoms with van der Waals surface area (Å²) in [5.41, 5.74) is 0.0575. The monoisotopic (exact) mass is 282 g/mol. The van der Waals surface area contributed by atoms with E-state index in [0.717, 1.165) is 44.1 Å². The molecule has 1 aromatic rings. The first-order chi connectivity index (χ1) is 10.1. The highest BCUT2D eigenvalue weighted by molar-refractivity contribution is 5.92. The molecular weight excluding hydrogens is 260 g/mol. The SMILES string of the molecule is CC1CCC(C#N)(NC(=O)C2(c3ccccc3)CC2)CC1. The molecule has 0 radical (unpaired) electrons. The van der Waals surface area contributed by atoms with E-state index in [1.165, 1.54) is 0 Å². The van der Waals surface area contributed by atoms with Gasteiger partial charge in [0, 0.05) is 0 Å². The van der Waals surface area contributed by atoms with Crippen molar-refractivity contribution in [2.75, 3.05) is 0 Å². The van der Waals surface area contributed by atoms with Crippen LogP contribution in [0, 0.1) is 17.2 Å². The second-order valence-electron chi connectivity index (χ2n) is 6.78. The van der Waals surface area contributed by atoms with Crippen molar-refractivity contribution in [2.24, 2.45) is 5.92 Å². The highest BCUT2D eigenvalue weighted by Crippen LogP contribution is 2.49. The quantitative estimate of drug-likeness (QED) is 0.924. The Balaban J connectivity index is 1.76. The average Bonchev–Trinajstić information content (AvgIpc) is 3.33. The minimum absolute atomic E-state index is 0.0461. The number of nitrogens with zero attached hydrogens (tertiary/aromatic N) is 1. The third kappa shape index (κ3) is 2.55. The van der Waals surface area contributed by atoms with Crippen LogP contribution in [0.3, 0.4) is 0 Å². The molecule has 1 N–H and O–H groups in total. The van der Waals surface area contributed by atoms with E-state index in [0.29, 0.717) is 5.92 Å². The molecule has 0 unspecified atom stereocenters. The van der Waals surface area contributed by atoms with Crippen molar-refractivity contribution < 1.29 is 4.79 Å². The van der Waals surface area contributed by atoms with Gasteiger partial charge in [0.05, 0.1) is 11.5 Å². The predicted octanol–water partition coefficient (Wildman–Crippen LogP) is 3.31. The Labute approximate surface area is 126 Å². The molecule has 0 aromatic heterocycles. The van der Waals surface area contributed by atoms with Crippen LogP contribution in [0.1, 0.15) is 51.0 Å². The number of benzene rings is 1. The summed E-state index contributed by atoms with van der Waals surface area (Å²) in [4.78, 5) is 12.8. The van der Waals surface area contributed by atoms with E-state index < -0.39 is 5.54 Å². The molecule has 0 atom stereocenters. The van der Waals surface area contributed by atoms with Gasteiger partial charge in [0.2, 0.25) is 5.91 Å². The molecule has 0 aliphatic heterocycles. The van der Waals surface area contributed by atoms with Crippen molar-refractivity contribution in [1.82, 2.24) is 5.32 Å². The van der Waals surface area contributed by atoms with E-state index in [1.807, 2.05) is 30.3 Å². The molecular formula is C18H22N2O. The standard InChI is InChI=1S/C18H22N2O/c1-14-7-9-17(13-19,10-8-14)20-16(21)18(11-12-18)15-5-3-2-4-6-15/h2-6,14H,7-12H2,1H3,(H,20,21). The average molecular weight is 282 g/mol. The van der Waals surface area contributed by atoms with Gasteiger partial charge in [-0.15, -0.1) is 0 Å². The highest BCUT2D eigenvalue weighted by Gasteiger charge is 2.53. The van der Waals surface area contributed by atoms with Gasteiger partial charge < -0.3 is 5.32 Å². The largest absolute Gasteiger partial charge is 0.337 e. The maximum absolute atomic E-state index is 12.8. The summed E-state index contributed by atoms with van der Waals surface area (Å²) in [7, 11) is 0. The second kappa shape index (κ2) is 5.18. The number of carbonyl (C=O) groups is 1. The minimum atomic E-state index is -0.645. The number of nitriles is 1. The molecule has 1 aromatic carbocycles. The molecule has 110 valence electrons. The molecule has 3 rings (SSSR count). The summed E-state index contributed by atoms with van der Waals surface area (Å²) in [6, 6.07) is 12.4. The summed E-state index contributed by atoms with van der Waals surface area (Å²) < 4.78 is 0. The molecule has 3 heteroatoms. The van der Waals surface area contributed by atoms with E-state index in [1.54, 1.807) is 0 Å². The molecule has 2 aliphatic carbocycles. The molecule has 2 aliphatic rings. The first-order valence-electron chi connectivity index (χ1n) is 7.90. The molecule has 1 amide bonds. The number of hydrogen-bond donors (Lipinski definition) is 1. The van der Waals surface area contributed by atoms with Gasteiger partial charge in [-0.2, -0.15) is 5.26 Å². The number of rotatable bonds is 3. The fourth-order valence-corrected chi connectivity index (χ4v) is 3.39. The van der Waals surface area contributed by atoms with Crippen LogP contribution in [0.15, 0.2) is 30.3 Å². The zero-order chi connectivity index (χ0) is 14.9. The lowest BCUT2D eigenvalue weighted by Gasteiger charge is -2.35. The lowest BCUT2D eigenvalue weighted by Crippen LogP contribution is -2.52. The van der Waals surface area contributed by atoms with Gasteiger partial charge in [0.1, 0.15) is 5.54 Å². The van der Waals surface area contributed by atoms with Crippen molar-refractivity contribution in [2.45, 2.75) is 56.4 Å². The maximum Gasteiger partial charge on any atom is 0.231 e. The summed E-state index contributed by atoms with van der Waals surface area (Å²) >= 11 is 0. The van der Waals surface area contributed by atoms with Gasteiger partial charge in [-0.1, -0.05) is 37.3 Å². The van der Waals surface area contributed by atoms with Crippen LogP contribution in [0.5, 0.6) is 0 Å². The fraction of sp³-hybridized carbons (Fsp3) is 0.556. The van der Waals surface area contributed by atoms with Crippen molar-refractivity contribution in [3.8, 4) is 6.07 Å². The van der Waals surface area contributed by atoms with E-state index in [4.69, 9.17) is 0 Å². The van der Waals surface area contributed by atoms with Crippen molar-refractivity contribution in [1.29, 1.82) is 5.26 Å². The first-order valence-corrected chi connectivity index (χ1v) is 7.90. The third-order valence-electron chi connectivity index (χ3n) is 5.21. The van der Waals surface area contributed by atoms with Crippen LogP contribution in [-0.2, 0) is 10.2 Å². The summed E-state index contributed by atoms with van der Waals surface area (Å²) in [5.74, 6) is 0.706. The van der Waals surface area contributed by atoms with E-state index in [-0.39, 0.29) is 11.3 Å². The van der Waals surface area contributed by atoms with Gasteiger partial charge in [0.25, 0.3) is 0 Å². The Morgan fingerprint density at radius 3 is 2.33 bits per heavy atom. The van der Waals surface area contributed by atoms with Crippen molar-refractivity contribution in [3.05, 3.63) is 35.9 Å². The molecule has 0 spiro atoms. The third-order valence-corrected chi connectivity index (χ3v) is 5.21. The first kappa shape index (κ1) is 14.1. The Morgan fingerprint density at radius 2 is 1.81 bits per heavy atom. The van der Waals surface area contributed by atoms with E-state index in [2.05, 4.69) is 18.3 Å². The van der Waals surface area contributed by atoms with Crippen molar-refractivity contribution in [3.63, 3.8) is 0 Å². The molecule has 21 heavy (non-hydrogen) atoms. The Bertz CT molecular complexity index is 561. The number of nitrogens with one attached hydrogen (secondary N) is 1. The molecule has 0 heterocycles. The Morgan fingerprint density at radius 1 is 1.19 bits per heavy atom.